The van der Waals surface area contributed by atoms with Gasteiger partial charge >= 0.3 is 6.09 Å². The first-order valence-electron chi connectivity index (χ1n) is 11.3. The third-order valence-electron chi connectivity index (χ3n) is 5.61. The zero-order valence-electron chi connectivity index (χ0n) is 19.9. The molecule has 33 heavy (non-hydrogen) atoms. The van der Waals surface area contributed by atoms with E-state index in [4.69, 9.17) is 9.47 Å². The minimum Gasteiger partial charge on any atom is -0.508 e. The number of carbonyl (C=O) groups is 2. The average molecular weight is 455 g/mol. The van der Waals surface area contributed by atoms with Gasteiger partial charge in [-0.15, -0.1) is 0 Å². The Kier molecular flexibility index (Phi) is 7.84. The van der Waals surface area contributed by atoms with Gasteiger partial charge in [-0.3, -0.25) is 4.79 Å². The van der Waals surface area contributed by atoms with E-state index in [1.165, 1.54) is 0 Å². The van der Waals surface area contributed by atoms with Crippen molar-refractivity contribution in [1.82, 2.24) is 9.80 Å². The monoisotopic (exact) mass is 454 g/mol. The van der Waals surface area contributed by atoms with Crippen molar-refractivity contribution >= 4 is 12.0 Å². The zero-order chi connectivity index (χ0) is 24.0. The van der Waals surface area contributed by atoms with Crippen molar-refractivity contribution in [1.29, 1.82) is 0 Å². The van der Waals surface area contributed by atoms with E-state index in [-0.39, 0.29) is 30.2 Å². The maximum absolute atomic E-state index is 13.1. The molecule has 2 aromatic carbocycles. The van der Waals surface area contributed by atoms with Gasteiger partial charge in [0.05, 0.1) is 6.42 Å². The van der Waals surface area contributed by atoms with Crippen molar-refractivity contribution in [2.24, 2.45) is 0 Å². The Balaban J connectivity index is 1.64. The van der Waals surface area contributed by atoms with Crippen LogP contribution < -0.4 is 4.74 Å². The number of benzene rings is 2. The molecular formula is C26H34N2O5. The third-order valence-corrected chi connectivity index (χ3v) is 5.61. The van der Waals surface area contributed by atoms with Crippen LogP contribution in [0.1, 0.15) is 44.7 Å². The number of amides is 2. The molecule has 0 radical (unpaired) electrons. The van der Waals surface area contributed by atoms with Gasteiger partial charge in [-0.05, 0) is 57.4 Å². The Hall–Kier alpha value is -3.22. The molecule has 0 aromatic heterocycles. The van der Waals surface area contributed by atoms with Crippen LogP contribution in [0.15, 0.2) is 48.5 Å². The van der Waals surface area contributed by atoms with Crippen LogP contribution in [-0.4, -0.2) is 58.7 Å². The number of piperidine rings is 1. The van der Waals surface area contributed by atoms with Crippen LogP contribution >= 0.6 is 0 Å². The molecule has 1 aliphatic heterocycles. The number of aromatic hydroxyl groups is 1. The molecule has 0 saturated carbocycles. The van der Waals surface area contributed by atoms with Gasteiger partial charge in [0.2, 0.25) is 5.91 Å². The van der Waals surface area contributed by atoms with Gasteiger partial charge in [0.25, 0.3) is 0 Å². The highest BCUT2D eigenvalue weighted by Gasteiger charge is 2.31. The van der Waals surface area contributed by atoms with Crippen molar-refractivity contribution in [3.05, 3.63) is 59.7 Å². The lowest BCUT2D eigenvalue weighted by Crippen LogP contribution is -2.51. The summed E-state index contributed by atoms with van der Waals surface area (Å²) in [4.78, 5) is 28.9. The maximum Gasteiger partial charge on any atom is 0.410 e. The summed E-state index contributed by atoms with van der Waals surface area (Å²) in [5, 5.41) is 9.97. The van der Waals surface area contributed by atoms with E-state index < -0.39 is 5.60 Å². The fourth-order valence-electron chi connectivity index (χ4n) is 3.83. The number of ether oxygens (including phenoxy) is 2. The van der Waals surface area contributed by atoms with Crippen LogP contribution in [0.4, 0.5) is 4.79 Å². The van der Waals surface area contributed by atoms with E-state index in [1.54, 1.807) is 35.0 Å². The van der Waals surface area contributed by atoms with E-state index in [9.17, 15) is 14.7 Å². The molecule has 1 heterocycles. The maximum atomic E-state index is 13.1. The van der Waals surface area contributed by atoms with Gasteiger partial charge in [-0.1, -0.05) is 30.3 Å². The Morgan fingerprint density at radius 1 is 1.15 bits per heavy atom. The van der Waals surface area contributed by atoms with Crippen LogP contribution in [0.5, 0.6) is 11.5 Å². The molecule has 178 valence electrons. The first-order chi connectivity index (χ1) is 15.6. The van der Waals surface area contributed by atoms with Gasteiger partial charge in [0, 0.05) is 31.7 Å². The quantitative estimate of drug-likeness (QED) is 0.701. The van der Waals surface area contributed by atoms with E-state index in [1.807, 2.05) is 51.1 Å². The summed E-state index contributed by atoms with van der Waals surface area (Å²) < 4.78 is 11.4. The molecular weight excluding hydrogens is 420 g/mol. The lowest BCUT2D eigenvalue weighted by molar-refractivity contribution is -0.132. The van der Waals surface area contributed by atoms with Crippen LogP contribution in [0.2, 0.25) is 0 Å². The van der Waals surface area contributed by atoms with Crippen molar-refractivity contribution in [3.8, 4) is 11.5 Å². The molecule has 1 N–H and O–H groups in total. The van der Waals surface area contributed by atoms with Crippen LogP contribution in [-0.2, 0) is 22.6 Å². The number of phenols is 1. The third kappa shape index (κ3) is 7.14. The number of nitrogens with zero attached hydrogens (tertiary/aromatic N) is 2. The molecule has 0 unspecified atom stereocenters. The topological polar surface area (TPSA) is 79.3 Å². The van der Waals surface area contributed by atoms with Gasteiger partial charge in [0.15, 0.2) is 0 Å². The summed E-state index contributed by atoms with van der Waals surface area (Å²) in [7, 11) is 1.76. The predicted octanol–water partition coefficient (Wildman–Crippen LogP) is 4.37. The molecule has 1 atom stereocenters. The smallest absolute Gasteiger partial charge is 0.410 e. The zero-order valence-corrected chi connectivity index (χ0v) is 19.9. The molecule has 2 aromatic rings. The Bertz CT molecular complexity index is 955. The number of carbonyl (C=O) groups excluding carboxylic acids is 2. The van der Waals surface area contributed by atoms with E-state index in [0.717, 1.165) is 18.4 Å². The second-order valence-corrected chi connectivity index (χ2v) is 9.47. The minimum absolute atomic E-state index is 0.0845. The molecule has 1 fully saturated rings. The second kappa shape index (κ2) is 10.6. The summed E-state index contributed by atoms with van der Waals surface area (Å²) >= 11 is 0. The summed E-state index contributed by atoms with van der Waals surface area (Å²) in [6.45, 7) is 6.96. The highest BCUT2D eigenvalue weighted by atomic mass is 16.6. The number of likely N-dealkylation sites (N-methyl/N-ethyl adjacent to an activating group) is 1. The standard InChI is InChI=1S/C26H34N2O5/c1-26(2,3)33-25(31)28-14-8-11-21(17-28)27(4)24(30)16-20-15-22(29)12-13-23(20)32-18-19-9-6-5-7-10-19/h5-7,9-10,12-13,15,21,29H,8,11,14,16-18H2,1-4H3/t21-/m1/s1. The molecule has 1 saturated heterocycles. The molecule has 3 rings (SSSR count). The number of hydrogen-bond acceptors (Lipinski definition) is 5. The van der Waals surface area contributed by atoms with Crippen molar-refractivity contribution in [2.45, 2.75) is 58.3 Å². The van der Waals surface area contributed by atoms with Gasteiger partial charge in [-0.2, -0.15) is 0 Å². The first-order valence-corrected chi connectivity index (χ1v) is 11.3. The number of phenolic OH excluding ortho intramolecular Hbond substituents is 1. The summed E-state index contributed by atoms with van der Waals surface area (Å²) in [6, 6.07) is 14.5. The minimum atomic E-state index is -0.558. The molecule has 7 heteroatoms. The predicted molar refractivity (Wildman–Crippen MR) is 126 cm³/mol. The summed E-state index contributed by atoms with van der Waals surface area (Å²) in [5.41, 5.74) is 1.09. The van der Waals surface area contributed by atoms with E-state index in [0.29, 0.717) is 31.0 Å². The fourth-order valence-corrected chi connectivity index (χ4v) is 3.83. The van der Waals surface area contributed by atoms with Crippen LogP contribution in [0, 0.1) is 0 Å². The highest BCUT2D eigenvalue weighted by molar-refractivity contribution is 5.80. The lowest BCUT2D eigenvalue weighted by Gasteiger charge is -2.38. The largest absolute Gasteiger partial charge is 0.508 e. The van der Waals surface area contributed by atoms with Gasteiger partial charge < -0.3 is 24.4 Å². The Labute approximate surface area is 195 Å². The van der Waals surface area contributed by atoms with Crippen molar-refractivity contribution in [2.75, 3.05) is 20.1 Å². The molecule has 0 bridgehead atoms. The van der Waals surface area contributed by atoms with Crippen LogP contribution in [0.25, 0.3) is 0 Å². The lowest BCUT2D eigenvalue weighted by atomic mass is 10.0. The van der Waals surface area contributed by atoms with Gasteiger partial charge in [-0.25, -0.2) is 4.79 Å². The van der Waals surface area contributed by atoms with Crippen molar-refractivity contribution in [3.63, 3.8) is 0 Å². The number of hydrogen-bond donors (Lipinski definition) is 1. The Morgan fingerprint density at radius 3 is 2.58 bits per heavy atom. The first kappa shape index (κ1) is 24.4. The average Bonchev–Trinajstić information content (AvgIpc) is 2.77. The van der Waals surface area contributed by atoms with E-state index in [2.05, 4.69) is 0 Å². The number of likely N-dealkylation sites (tertiary alicyclic amines) is 1. The molecule has 1 aliphatic rings. The molecule has 0 aliphatic carbocycles. The fraction of sp³-hybridized carbons (Fsp3) is 0.462. The SMILES string of the molecule is CN(C(=O)Cc1cc(O)ccc1OCc1ccccc1)[C@@H]1CCCN(C(=O)OC(C)(C)C)C1. The van der Waals surface area contributed by atoms with Crippen molar-refractivity contribution < 1.29 is 24.2 Å². The summed E-state index contributed by atoms with van der Waals surface area (Å²) in [6.07, 6.45) is 1.37. The van der Waals surface area contributed by atoms with Gasteiger partial charge in [0.1, 0.15) is 23.7 Å². The number of rotatable bonds is 6. The Morgan fingerprint density at radius 2 is 1.88 bits per heavy atom. The van der Waals surface area contributed by atoms with E-state index >= 15 is 0 Å². The highest BCUT2D eigenvalue weighted by Crippen LogP contribution is 2.26. The summed E-state index contributed by atoms with van der Waals surface area (Å²) in [5.74, 6) is 0.555. The normalized spacial score (nSPS) is 16.2. The molecule has 0 spiro atoms. The molecule has 7 nitrogen and oxygen atoms in total. The van der Waals surface area contributed by atoms with Crippen LogP contribution in [0.3, 0.4) is 0 Å². The second-order valence-electron chi connectivity index (χ2n) is 9.47. The molecule has 2 amide bonds.